The zero-order chi connectivity index (χ0) is 22.1. The summed E-state index contributed by atoms with van der Waals surface area (Å²) in [5, 5.41) is 7.72. The first-order valence-corrected chi connectivity index (χ1v) is 11.6. The first kappa shape index (κ1) is 20.6. The van der Waals surface area contributed by atoms with E-state index in [9.17, 15) is 4.79 Å². The Morgan fingerprint density at radius 3 is 2.59 bits per heavy atom. The van der Waals surface area contributed by atoms with Gasteiger partial charge in [-0.05, 0) is 42.7 Å². The lowest BCUT2D eigenvalue weighted by atomic mass is 9.95. The lowest BCUT2D eigenvalue weighted by molar-refractivity contribution is 0.0930. The number of amides is 1. The summed E-state index contributed by atoms with van der Waals surface area (Å²) in [6.07, 6.45) is 7.14. The first-order valence-electron chi connectivity index (χ1n) is 10.8. The molecule has 7 nitrogen and oxygen atoms in total. The van der Waals surface area contributed by atoms with Crippen molar-refractivity contribution in [2.75, 3.05) is 5.73 Å². The summed E-state index contributed by atoms with van der Waals surface area (Å²) in [6, 6.07) is 15.5. The van der Waals surface area contributed by atoms with Crippen molar-refractivity contribution in [3.63, 3.8) is 0 Å². The van der Waals surface area contributed by atoms with E-state index in [2.05, 4.69) is 26.3 Å². The monoisotopic (exact) mass is 490 g/mol. The quantitative estimate of drug-likeness (QED) is 0.398. The van der Waals surface area contributed by atoms with Crippen LogP contribution in [0.1, 0.15) is 48.0 Å². The van der Waals surface area contributed by atoms with Crippen LogP contribution < -0.4 is 11.1 Å². The second-order valence-corrected chi connectivity index (χ2v) is 8.98. The molecule has 32 heavy (non-hydrogen) atoms. The second kappa shape index (κ2) is 8.70. The highest BCUT2D eigenvalue weighted by molar-refractivity contribution is 9.10. The highest BCUT2D eigenvalue weighted by Gasteiger charge is 2.26. The number of fused-ring (bicyclic) bond motifs is 2. The Kier molecular flexibility index (Phi) is 5.61. The van der Waals surface area contributed by atoms with E-state index in [1.54, 1.807) is 6.21 Å². The zero-order valence-electron chi connectivity index (χ0n) is 17.5. The third-order valence-corrected chi connectivity index (χ3v) is 6.31. The maximum atomic E-state index is 13.3. The molecule has 0 radical (unpaired) electrons. The maximum absolute atomic E-state index is 13.3. The highest BCUT2D eigenvalue weighted by Crippen LogP contribution is 2.28. The van der Waals surface area contributed by atoms with Gasteiger partial charge in [0, 0.05) is 10.5 Å². The number of rotatable bonds is 4. The molecule has 1 aliphatic carbocycles. The van der Waals surface area contributed by atoms with Crippen LogP contribution >= 0.6 is 15.9 Å². The number of nitrogens with two attached hydrogens (primary N) is 1. The summed E-state index contributed by atoms with van der Waals surface area (Å²) >= 11 is 3.47. The Labute approximate surface area is 193 Å². The minimum absolute atomic E-state index is 0.160. The molecule has 0 bridgehead atoms. The third kappa shape index (κ3) is 3.98. The van der Waals surface area contributed by atoms with E-state index in [-0.39, 0.29) is 17.8 Å². The van der Waals surface area contributed by atoms with E-state index in [0.717, 1.165) is 41.2 Å². The minimum Gasteiger partial charge on any atom is -0.383 e. The normalized spacial score (nSPS) is 15.0. The molecule has 1 aliphatic rings. The van der Waals surface area contributed by atoms with Crippen molar-refractivity contribution in [1.29, 1.82) is 0 Å². The number of halogens is 1. The molecule has 4 aromatic rings. The van der Waals surface area contributed by atoms with Gasteiger partial charge in [-0.15, -0.1) is 0 Å². The number of carbonyl (C=O) groups excluding carboxylic acids is 1. The third-order valence-electron chi connectivity index (χ3n) is 5.81. The van der Waals surface area contributed by atoms with Crippen LogP contribution in [-0.2, 0) is 0 Å². The van der Waals surface area contributed by atoms with Crippen molar-refractivity contribution in [3.05, 3.63) is 64.1 Å². The first-order chi connectivity index (χ1) is 15.6. The predicted octanol–water partition coefficient (Wildman–Crippen LogP) is 4.87. The zero-order valence-corrected chi connectivity index (χ0v) is 19.0. The molecule has 162 valence electrons. The molecule has 1 amide bonds. The number of aromatic nitrogens is 3. The van der Waals surface area contributed by atoms with Gasteiger partial charge in [-0.3, -0.25) is 4.79 Å². The molecule has 0 aliphatic heterocycles. The van der Waals surface area contributed by atoms with Crippen molar-refractivity contribution >= 4 is 56.1 Å². The van der Waals surface area contributed by atoms with Gasteiger partial charge in [0.25, 0.3) is 5.91 Å². The van der Waals surface area contributed by atoms with Gasteiger partial charge >= 0.3 is 0 Å². The van der Waals surface area contributed by atoms with Crippen molar-refractivity contribution in [2.24, 2.45) is 5.10 Å². The lowest BCUT2D eigenvalue weighted by Gasteiger charge is -2.22. The van der Waals surface area contributed by atoms with Gasteiger partial charge < -0.3 is 11.1 Å². The molecule has 1 fully saturated rings. The van der Waals surface area contributed by atoms with Crippen LogP contribution in [0.3, 0.4) is 0 Å². The number of carbonyl (C=O) groups is 1. The van der Waals surface area contributed by atoms with E-state index in [1.165, 1.54) is 11.1 Å². The topological polar surface area (TPSA) is 98.2 Å². The fraction of sp³-hybridized carbons (Fsp3) is 0.250. The van der Waals surface area contributed by atoms with Gasteiger partial charge in [0.1, 0.15) is 16.9 Å². The lowest BCUT2D eigenvalue weighted by Crippen LogP contribution is -2.36. The summed E-state index contributed by atoms with van der Waals surface area (Å²) in [6.45, 7) is 0. The fourth-order valence-corrected chi connectivity index (χ4v) is 4.62. The smallest absolute Gasteiger partial charge is 0.257 e. The Hall–Kier alpha value is -3.26. The molecular formula is C24H23BrN6O. The van der Waals surface area contributed by atoms with E-state index >= 15 is 0 Å². The number of nitrogen functional groups attached to an aromatic ring is 1. The Morgan fingerprint density at radius 2 is 1.84 bits per heavy atom. The van der Waals surface area contributed by atoms with Crippen molar-refractivity contribution < 1.29 is 4.79 Å². The molecule has 2 heterocycles. The molecule has 0 unspecified atom stereocenters. The number of hydrogen-bond donors (Lipinski definition) is 2. The SMILES string of the molecule is Nc1c(C(=O)NC2CCCCC2)c2nc3ccccc3nc2n1/N=C\c1cccc(Br)c1. The number of para-hydroxylation sites is 2. The summed E-state index contributed by atoms with van der Waals surface area (Å²) in [7, 11) is 0. The highest BCUT2D eigenvalue weighted by atomic mass is 79.9. The van der Waals surface area contributed by atoms with E-state index in [4.69, 9.17) is 15.7 Å². The van der Waals surface area contributed by atoms with Crippen molar-refractivity contribution in [1.82, 2.24) is 20.0 Å². The second-order valence-electron chi connectivity index (χ2n) is 8.06. The van der Waals surface area contributed by atoms with Gasteiger partial charge in [-0.25, -0.2) is 9.97 Å². The molecule has 5 rings (SSSR count). The summed E-state index contributed by atoms with van der Waals surface area (Å²) in [4.78, 5) is 22.8. The Morgan fingerprint density at radius 1 is 1.09 bits per heavy atom. The molecule has 8 heteroatoms. The molecule has 0 atom stereocenters. The standard InChI is InChI=1S/C24H23BrN6O/c25-16-8-6-7-15(13-16)14-27-31-22(26)20(24(32)28-17-9-2-1-3-10-17)21-23(31)30-19-12-5-4-11-18(19)29-21/h4-8,11-14,17H,1-3,9-10,26H2,(H,28,32)/b27-14-. The molecule has 3 N–H and O–H groups in total. The van der Waals surface area contributed by atoms with Crippen LogP contribution in [0.25, 0.3) is 22.2 Å². The summed E-state index contributed by atoms with van der Waals surface area (Å²) < 4.78 is 2.45. The number of anilines is 1. The molecular weight excluding hydrogens is 468 g/mol. The van der Waals surface area contributed by atoms with Gasteiger partial charge in [0.2, 0.25) is 0 Å². The van der Waals surface area contributed by atoms with Crippen LogP contribution in [0.5, 0.6) is 0 Å². The van der Waals surface area contributed by atoms with Crippen LogP contribution in [-0.4, -0.2) is 32.8 Å². The number of benzene rings is 2. The van der Waals surface area contributed by atoms with Gasteiger partial charge in [-0.1, -0.05) is 59.5 Å². The maximum Gasteiger partial charge on any atom is 0.257 e. The largest absolute Gasteiger partial charge is 0.383 e. The Bertz CT molecular complexity index is 1340. The van der Waals surface area contributed by atoms with Gasteiger partial charge in [-0.2, -0.15) is 9.78 Å². The van der Waals surface area contributed by atoms with Crippen LogP contribution in [0.2, 0.25) is 0 Å². The summed E-state index contributed by atoms with van der Waals surface area (Å²) in [5.41, 5.74) is 10.0. The fourth-order valence-electron chi connectivity index (χ4n) is 4.20. The average Bonchev–Trinajstić information content (AvgIpc) is 3.07. The van der Waals surface area contributed by atoms with Gasteiger partial charge in [0.15, 0.2) is 5.65 Å². The predicted molar refractivity (Wildman–Crippen MR) is 131 cm³/mol. The van der Waals surface area contributed by atoms with Crippen LogP contribution in [0.4, 0.5) is 5.82 Å². The molecule has 2 aromatic heterocycles. The van der Waals surface area contributed by atoms with E-state index in [1.807, 2.05) is 48.5 Å². The number of hydrogen-bond acceptors (Lipinski definition) is 5. The molecule has 2 aromatic carbocycles. The number of nitrogens with zero attached hydrogens (tertiary/aromatic N) is 4. The Balaban J connectivity index is 1.62. The molecule has 1 saturated carbocycles. The van der Waals surface area contributed by atoms with Crippen molar-refractivity contribution in [3.8, 4) is 0 Å². The minimum atomic E-state index is -0.222. The van der Waals surface area contributed by atoms with Crippen LogP contribution in [0, 0.1) is 0 Å². The van der Waals surface area contributed by atoms with Crippen LogP contribution in [0.15, 0.2) is 58.1 Å². The summed E-state index contributed by atoms with van der Waals surface area (Å²) in [5.74, 6) is 0.00949. The molecule has 0 spiro atoms. The number of nitrogens with one attached hydrogen (secondary N) is 1. The van der Waals surface area contributed by atoms with E-state index < -0.39 is 0 Å². The molecule has 0 saturated heterocycles. The average molecular weight is 491 g/mol. The van der Waals surface area contributed by atoms with E-state index in [0.29, 0.717) is 22.2 Å². The van der Waals surface area contributed by atoms with Gasteiger partial charge in [0.05, 0.1) is 17.2 Å². The van der Waals surface area contributed by atoms with Crippen molar-refractivity contribution in [2.45, 2.75) is 38.1 Å².